The van der Waals surface area contributed by atoms with Crippen molar-refractivity contribution in [2.45, 2.75) is 65.0 Å². The molecular weight excluding hydrogens is 554 g/mol. The molecule has 3 atom stereocenters. The minimum atomic E-state index is -0.294. The zero-order valence-electron chi connectivity index (χ0n) is 24.6. The molecule has 1 aromatic carbocycles. The molecule has 1 N–H and O–H groups in total. The number of amides is 2. The first-order chi connectivity index (χ1) is 20.2. The van der Waals surface area contributed by atoms with Crippen molar-refractivity contribution in [3.8, 4) is 5.75 Å². The molecule has 9 nitrogen and oxygen atoms in total. The van der Waals surface area contributed by atoms with Gasteiger partial charge in [-0.15, -0.1) is 0 Å². The second-order valence-electron chi connectivity index (χ2n) is 11.8. The molecule has 2 saturated heterocycles. The lowest BCUT2D eigenvalue weighted by Crippen LogP contribution is -2.34. The van der Waals surface area contributed by atoms with Gasteiger partial charge in [-0.3, -0.25) is 19.9 Å². The molecule has 2 amide bonds. The van der Waals surface area contributed by atoms with Gasteiger partial charge in [-0.25, -0.2) is 4.98 Å². The number of imidazole rings is 1. The first-order valence-corrected chi connectivity index (χ1v) is 15.2. The number of halogens is 1. The van der Waals surface area contributed by atoms with Crippen LogP contribution in [0.3, 0.4) is 0 Å². The van der Waals surface area contributed by atoms with Crippen LogP contribution in [0.25, 0.3) is 11.0 Å². The first-order valence-electron chi connectivity index (χ1n) is 14.8. The number of hydrogen-bond acceptors (Lipinski definition) is 6. The van der Waals surface area contributed by atoms with Gasteiger partial charge in [0.1, 0.15) is 5.75 Å². The van der Waals surface area contributed by atoms with Crippen LogP contribution in [-0.4, -0.2) is 63.7 Å². The van der Waals surface area contributed by atoms with E-state index in [1.54, 1.807) is 23.2 Å². The minimum Gasteiger partial charge on any atom is -0.490 e. The van der Waals surface area contributed by atoms with Crippen LogP contribution in [-0.2, 0) is 9.53 Å². The molecule has 0 aliphatic carbocycles. The van der Waals surface area contributed by atoms with Gasteiger partial charge in [0.25, 0.3) is 5.91 Å². The van der Waals surface area contributed by atoms with E-state index in [1.807, 2.05) is 23.6 Å². The summed E-state index contributed by atoms with van der Waals surface area (Å²) < 4.78 is 14.3. The van der Waals surface area contributed by atoms with Crippen LogP contribution in [0.5, 0.6) is 5.75 Å². The van der Waals surface area contributed by atoms with Crippen LogP contribution in [0, 0.1) is 18.8 Å². The highest BCUT2D eigenvalue weighted by molar-refractivity contribution is 6.35. The van der Waals surface area contributed by atoms with Crippen molar-refractivity contribution in [2.24, 2.45) is 11.8 Å². The summed E-state index contributed by atoms with van der Waals surface area (Å²) in [5.41, 5.74) is 2.56. The number of carbonyl (C=O) groups is 2. The van der Waals surface area contributed by atoms with Gasteiger partial charge >= 0.3 is 0 Å². The number of hydrogen-bond donors (Lipinski definition) is 1. The predicted octanol–water partition coefficient (Wildman–Crippen LogP) is 6.22. The van der Waals surface area contributed by atoms with E-state index in [9.17, 15) is 9.59 Å². The third kappa shape index (κ3) is 6.95. The van der Waals surface area contributed by atoms with E-state index >= 15 is 0 Å². The van der Waals surface area contributed by atoms with Crippen molar-refractivity contribution in [1.29, 1.82) is 0 Å². The van der Waals surface area contributed by atoms with Crippen molar-refractivity contribution in [2.75, 3.05) is 31.6 Å². The largest absolute Gasteiger partial charge is 0.490 e. The van der Waals surface area contributed by atoms with Crippen molar-refractivity contribution in [1.82, 2.24) is 19.4 Å². The number of fused-ring (bicyclic) bond motifs is 1. The molecule has 5 rings (SSSR count). The van der Waals surface area contributed by atoms with E-state index in [0.29, 0.717) is 58.2 Å². The molecule has 0 spiro atoms. The Bertz CT molecular complexity index is 1440. The summed E-state index contributed by atoms with van der Waals surface area (Å²) in [6, 6.07) is 7.00. The lowest BCUT2D eigenvalue weighted by molar-refractivity contribution is -0.126. The number of anilines is 1. The standard InChI is InChI=1S/C32H40ClN5O4/c1-5-29(39)37-11-7-6-8-24(17-37)38-30-27(33)15-26(42-25-12-20(2)18-41-19-21(3)13-25)16-28(30)35-32(38)36-31(40)23-9-10-34-22(4)14-23/h5,9-10,14-16,20-21,24-25H,1,6-8,11-13,17-19H2,2-4H3,(H,35,36,40)/t20?,21?,24-,25?/m1/s1. The van der Waals surface area contributed by atoms with Crippen LogP contribution in [0.1, 0.15) is 68.0 Å². The number of benzene rings is 1. The predicted molar refractivity (Wildman–Crippen MR) is 164 cm³/mol. The second kappa shape index (κ2) is 13.3. The SMILES string of the molecule is C=CC(=O)N1CCCC[C@@H](n2c(NC(=O)c3ccnc(C)c3)nc3cc(OC4CC(C)COCC(C)C4)cc(Cl)c32)C1. The highest BCUT2D eigenvalue weighted by Crippen LogP contribution is 2.37. The molecular formula is C32H40ClN5O4. The van der Waals surface area contributed by atoms with Gasteiger partial charge in [-0.2, -0.15) is 0 Å². The van der Waals surface area contributed by atoms with Gasteiger partial charge in [0.05, 0.1) is 28.2 Å². The quantitative estimate of drug-likeness (QED) is 0.341. The highest BCUT2D eigenvalue weighted by Gasteiger charge is 2.29. The van der Waals surface area contributed by atoms with Gasteiger partial charge in [-0.1, -0.05) is 32.0 Å². The summed E-state index contributed by atoms with van der Waals surface area (Å²) in [6.07, 6.45) is 7.37. The fraction of sp³-hybridized carbons (Fsp3) is 0.500. The van der Waals surface area contributed by atoms with E-state index in [1.165, 1.54) is 6.08 Å². The van der Waals surface area contributed by atoms with Crippen LogP contribution >= 0.6 is 11.6 Å². The Morgan fingerprint density at radius 3 is 2.64 bits per heavy atom. The fourth-order valence-corrected chi connectivity index (χ4v) is 6.37. The maximum atomic E-state index is 13.4. The maximum absolute atomic E-state index is 13.4. The van der Waals surface area contributed by atoms with Crippen LogP contribution < -0.4 is 10.1 Å². The number of aryl methyl sites for hydroxylation is 1. The Labute approximate surface area is 252 Å². The number of likely N-dealkylation sites (tertiary alicyclic amines) is 1. The van der Waals surface area contributed by atoms with Gasteiger partial charge in [0.15, 0.2) is 0 Å². The Morgan fingerprint density at radius 2 is 1.93 bits per heavy atom. The van der Waals surface area contributed by atoms with E-state index in [4.69, 9.17) is 26.1 Å². The average molecular weight is 594 g/mol. The molecule has 3 aromatic rings. The Hall–Kier alpha value is -3.43. The number of rotatable bonds is 6. The van der Waals surface area contributed by atoms with Crippen molar-refractivity contribution >= 4 is 40.4 Å². The molecule has 0 bridgehead atoms. The molecule has 2 unspecified atom stereocenters. The number of ether oxygens (including phenoxy) is 2. The zero-order chi connectivity index (χ0) is 29.8. The normalized spacial score (nSPS) is 23.5. The molecule has 42 heavy (non-hydrogen) atoms. The second-order valence-corrected chi connectivity index (χ2v) is 12.2. The number of carbonyl (C=O) groups excluding carboxylic acids is 2. The van der Waals surface area contributed by atoms with Crippen LogP contribution in [0.15, 0.2) is 43.1 Å². The molecule has 2 fully saturated rings. The highest BCUT2D eigenvalue weighted by atomic mass is 35.5. The minimum absolute atomic E-state index is 0.0314. The monoisotopic (exact) mass is 593 g/mol. The van der Waals surface area contributed by atoms with E-state index in [0.717, 1.165) is 51.0 Å². The van der Waals surface area contributed by atoms with E-state index in [-0.39, 0.29) is 24.0 Å². The summed E-state index contributed by atoms with van der Waals surface area (Å²) >= 11 is 7.00. The van der Waals surface area contributed by atoms with Gasteiger partial charge in [0, 0.05) is 55.9 Å². The number of nitrogens with one attached hydrogen (secondary N) is 1. The van der Waals surface area contributed by atoms with Gasteiger partial charge < -0.3 is 18.9 Å². The van der Waals surface area contributed by atoms with Crippen molar-refractivity contribution in [3.63, 3.8) is 0 Å². The third-order valence-electron chi connectivity index (χ3n) is 8.03. The fourth-order valence-electron chi connectivity index (χ4n) is 6.08. The first kappa shape index (κ1) is 30.0. The topological polar surface area (TPSA) is 98.6 Å². The third-order valence-corrected chi connectivity index (χ3v) is 8.32. The summed E-state index contributed by atoms with van der Waals surface area (Å²) in [7, 11) is 0. The van der Waals surface area contributed by atoms with E-state index in [2.05, 4.69) is 30.7 Å². The molecule has 224 valence electrons. The van der Waals surface area contributed by atoms with Crippen molar-refractivity contribution in [3.05, 3.63) is 59.4 Å². The number of nitrogens with zero attached hydrogens (tertiary/aromatic N) is 4. The summed E-state index contributed by atoms with van der Waals surface area (Å²) in [6.45, 7) is 12.4. The van der Waals surface area contributed by atoms with Crippen molar-refractivity contribution < 1.29 is 19.1 Å². The summed E-state index contributed by atoms with van der Waals surface area (Å²) in [4.78, 5) is 36.9. The Kier molecular flexibility index (Phi) is 9.48. The maximum Gasteiger partial charge on any atom is 0.258 e. The molecule has 0 saturated carbocycles. The van der Waals surface area contributed by atoms with Gasteiger partial charge in [-0.05, 0) is 69.1 Å². The molecule has 2 aliphatic rings. The molecule has 10 heteroatoms. The lowest BCUT2D eigenvalue weighted by Gasteiger charge is -2.28. The summed E-state index contributed by atoms with van der Waals surface area (Å²) in [5, 5.41) is 3.51. The smallest absolute Gasteiger partial charge is 0.258 e. The van der Waals surface area contributed by atoms with Crippen LogP contribution in [0.2, 0.25) is 5.02 Å². The molecule has 2 aromatic heterocycles. The number of aromatic nitrogens is 3. The van der Waals surface area contributed by atoms with Gasteiger partial charge in [0.2, 0.25) is 11.9 Å². The molecule has 4 heterocycles. The Balaban J connectivity index is 1.53. The summed E-state index contributed by atoms with van der Waals surface area (Å²) in [5.74, 6) is 1.39. The molecule has 0 radical (unpaired) electrons. The van der Waals surface area contributed by atoms with Crippen LogP contribution in [0.4, 0.5) is 5.95 Å². The molecule has 2 aliphatic heterocycles. The zero-order valence-corrected chi connectivity index (χ0v) is 25.4. The van der Waals surface area contributed by atoms with E-state index < -0.39 is 0 Å². The Morgan fingerprint density at radius 1 is 1.17 bits per heavy atom. The lowest BCUT2D eigenvalue weighted by atomic mass is 9.95. The average Bonchev–Trinajstić information content (AvgIpc) is 3.12. The number of pyridine rings is 1.